The van der Waals surface area contributed by atoms with E-state index >= 15 is 0 Å². The fourth-order valence-corrected chi connectivity index (χ4v) is 6.41. The van der Waals surface area contributed by atoms with Crippen molar-refractivity contribution in [2.24, 2.45) is 11.7 Å². The van der Waals surface area contributed by atoms with Crippen molar-refractivity contribution in [2.75, 3.05) is 14.2 Å². The molecule has 0 spiro atoms. The van der Waals surface area contributed by atoms with Crippen LogP contribution in [0.15, 0.2) is 0 Å². The standard InChI is InChI=1S/C26H55NO2Si/c1-7-9-10-11-12-13-14-15-16-17-18-19-20-22-24(30-25(28-5)29-6)23(21-8-2)26(3,4)27/h23-25H,7-22,27H2,1-6H3. The molecular weight excluding hydrogens is 386 g/mol. The molecule has 0 aliphatic carbocycles. The van der Waals surface area contributed by atoms with Crippen LogP contribution in [-0.4, -0.2) is 35.2 Å². The minimum absolute atomic E-state index is 0.0846. The number of hydrogen-bond acceptors (Lipinski definition) is 3. The van der Waals surface area contributed by atoms with Crippen molar-refractivity contribution >= 4 is 9.52 Å². The van der Waals surface area contributed by atoms with Gasteiger partial charge in [-0.3, -0.25) is 0 Å². The molecule has 0 aliphatic rings. The van der Waals surface area contributed by atoms with E-state index in [9.17, 15) is 0 Å². The normalized spacial score (nSPS) is 14.4. The molecule has 0 fully saturated rings. The molecule has 3 nitrogen and oxygen atoms in total. The third-order valence-electron chi connectivity index (χ3n) is 6.44. The second-order valence-electron chi connectivity index (χ2n) is 9.82. The average molecular weight is 442 g/mol. The van der Waals surface area contributed by atoms with Crippen LogP contribution in [0.2, 0.25) is 5.54 Å². The van der Waals surface area contributed by atoms with Crippen molar-refractivity contribution in [1.29, 1.82) is 0 Å². The Morgan fingerprint density at radius 1 is 0.667 bits per heavy atom. The van der Waals surface area contributed by atoms with Gasteiger partial charge in [-0.2, -0.15) is 0 Å². The van der Waals surface area contributed by atoms with E-state index in [1.807, 2.05) is 0 Å². The summed E-state index contributed by atoms with van der Waals surface area (Å²) in [6, 6.07) is 0. The number of methoxy groups -OCH3 is 2. The fraction of sp³-hybridized carbons (Fsp3) is 1.00. The molecule has 2 radical (unpaired) electrons. The largest absolute Gasteiger partial charge is 0.360 e. The number of unbranched alkanes of at least 4 members (excludes halogenated alkanes) is 12. The van der Waals surface area contributed by atoms with E-state index in [4.69, 9.17) is 15.2 Å². The summed E-state index contributed by atoms with van der Waals surface area (Å²) in [5.74, 6) is 0.449. The second-order valence-corrected chi connectivity index (χ2v) is 11.4. The van der Waals surface area contributed by atoms with E-state index in [-0.39, 0.29) is 11.5 Å². The Labute approximate surface area is 192 Å². The van der Waals surface area contributed by atoms with Gasteiger partial charge in [0.05, 0.1) is 0 Å². The summed E-state index contributed by atoms with van der Waals surface area (Å²) >= 11 is 0. The van der Waals surface area contributed by atoms with Crippen molar-refractivity contribution in [3.8, 4) is 0 Å². The Morgan fingerprint density at radius 3 is 1.47 bits per heavy atom. The van der Waals surface area contributed by atoms with Gasteiger partial charge in [-0.1, -0.05) is 110 Å². The van der Waals surface area contributed by atoms with E-state index in [2.05, 4.69) is 27.7 Å². The van der Waals surface area contributed by atoms with Gasteiger partial charge in [-0.05, 0) is 31.7 Å². The Bertz CT molecular complexity index is 355. The third kappa shape index (κ3) is 15.8. The number of ether oxygens (including phenoxy) is 2. The average Bonchev–Trinajstić information content (AvgIpc) is 2.71. The highest BCUT2D eigenvalue weighted by molar-refractivity contribution is 6.38. The van der Waals surface area contributed by atoms with Crippen molar-refractivity contribution in [1.82, 2.24) is 0 Å². The molecule has 0 aliphatic heterocycles. The van der Waals surface area contributed by atoms with Crippen LogP contribution in [0.1, 0.15) is 130 Å². The monoisotopic (exact) mass is 441 g/mol. The SMILES string of the molecule is CCCCCCCCCCCCCCCC([Si]C(OC)OC)C(CCC)C(C)(C)N. The smallest absolute Gasteiger partial charge is 0.136 e. The molecule has 0 saturated heterocycles. The first-order valence-electron chi connectivity index (χ1n) is 13.0. The van der Waals surface area contributed by atoms with Crippen LogP contribution in [0, 0.1) is 5.92 Å². The Morgan fingerprint density at radius 2 is 1.10 bits per heavy atom. The summed E-state index contributed by atoms with van der Waals surface area (Å²) in [7, 11) is 4.18. The highest BCUT2D eigenvalue weighted by atomic mass is 28.2. The molecule has 180 valence electrons. The van der Waals surface area contributed by atoms with E-state index in [1.165, 1.54) is 103 Å². The minimum Gasteiger partial charge on any atom is -0.360 e. The molecule has 4 heteroatoms. The summed E-state index contributed by atoms with van der Waals surface area (Å²) in [5, 5.41) is 0. The topological polar surface area (TPSA) is 44.5 Å². The van der Waals surface area contributed by atoms with Crippen molar-refractivity contribution < 1.29 is 9.47 Å². The van der Waals surface area contributed by atoms with Crippen LogP contribution >= 0.6 is 0 Å². The van der Waals surface area contributed by atoms with E-state index in [1.54, 1.807) is 14.2 Å². The number of nitrogens with two attached hydrogens (primary N) is 1. The van der Waals surface area contributed by atoms with Gasteiger partial charge in [0.2, 0.25) is 0 Å². The second kappa shape index (κ2) is 19.8. The molecule has 0 aromatic heterocycles. The van der Waals surface area contributed by atoms with Gasteiger partial charge in [-0.25, -0.2) is 0 Å². The maximum atomic E-state index is 6.59. The van der Waals surface area contributed by atoms with Crippen molar-refractivity contribution in [2.45, 2.75) is 147 Å². The lowest BCUT2D eigenvalue weighted by molar-refractivity contribution is -0.0457. The zero-order valence-electron chi connectivity index (χ0n) is 21.4. The summed E-state index contributed by atoms with van der Waals surface area (Å²) in [4.78, 5) is 0. The highest BCUT2D eigenvalue weighted by Gasteiger charge is 2.33. The lowest BCUT2D eigenvalue weighted by Gasteiger charge is -2.38. The van der Waals surface area contributed by atoms with Gasteiger partial charge in [0.25, 0.3) is 0 Å². The van der Waals surface area contributed by atoms with Gasteiger partial charge in [-0.15, -0.1) is 0 Å². The zero-order valence-corrected chi connectivity index (χ0v) is 22.4. The van der Waals surface area contributed by atoms with Gasteiger partial charge >= 0.3 is 0 Å². The van der Waals surface area contributed by atoms with Crippen LogP contribution in [0.5, 0.6) is 0 Å². The molecule has 0 aromatic carbocycles. The predicted molar refractivity (Wildman–Crippen MR) is 134 cm³/mol. The first-order chi connectivity index (χ1) is 14.4. The van der Waals surface area contributed by atoms with Gasteiger partial charge in [0.1, 0.15) is 15.4 Å². The van der Waals surface area contributed by atoms with Gasteiger partial charge in [0, 0.05) is 19.8 Å². The molecular formula is C26H55NO2Si. The Kier molecular flexibility index (Phi) is 19.8. The van der Waals surface area contributed by atoms with E-state index in [0.29, 0.717) is 21.0 Å². The summed E-state index contributed by atoms with van der Waals surface area (Å²) in [5.41, 5.74) is 7.05. The van der Waals surface area contributed by atoms with Crippen LogP contribution in [0.3, 0.4) is 0 Å². The molecule has 0 amide bonds. The molecule has 2 unspecified atom stereocenters. The first-order valence-corrected chi connectivity index (χ1v) is 14.2. The summed E-state index contributed by atoms with van der Waals surface area (Å²) in [6.45, 7) is 8.96. The molecule has 0 bridgehead atoms. The Hall–Kier alpha value is 0.0969. The molecule has 30 heavy (non-hydrogen) atoms. The highest BCUT2D eigenvalue weighted by Crippen LogP contribution is 2.36. The van der Waals surface area contributed by atoms with Crippen LogP contribution < -0.4 is 5.73 Å². The molecule has 0 aromatic rings. The van der Waals surface area contributed by atoms with Gasteiger partial charge < -0.3 is 15.2 Å². The fourth-order valence-electron chi connectivity index (χ4n) is 4.59. The van der Waals surface area contributed by atoms with E-state index in [0.717, 1.165) is 0 Å². The Balaban J connectivity index is 4.10. The molecule has 2 atom stereocenters. The quantitative estimate of drug-likeness (QED) is 0.106. The minimum atomic E-state index is -0.143. The van der Waals surface area contributed by atoms with Crippen LogP contribution in [0.4, 0.5) is 0 Å². The summed E-state index contributed by atoms with van der Waals surface area (Å²) in [6.07, 6.45) is 21.9. The predicted octanol–water partition coefficient (Wildman–Crippen LogP) is 7.69. The maximum absolute atomic E-state index is 6.59. The van der Waals surface area contributed by atoms with Gasteiger partial charge in [0.15, 0.2) is 0 Å². The third-order valence-corrected chi connectivity index (χ3v) is 8.30. The van der Waals surface area contributed by atoms with Crippen molar-refractivity contribution in [3.05, 3.63) is 0 Å². The zero-order chi connectivity index (χ0) is 22.7. The lowest BCUT2D eigenvalue weighted by atomic mass is 9.80. The molecule has 2 N–H and O–H groups in total. The number of rotatable bonds is 22. The lowest BCUT2D eigenvalue weighted by Crippen LogP contribution is -2.45. The molecule has 0 rings (SSSR count). The van der Waals surface area contributed by atoms with E-state index < -0.39 is 0 Å². The maximum Gasteiger partial charge on any atom is 0.136 e. The van der Waals surface area contributed by atoms with Crippen LogP contribution in [-0.2, 0) is 9.47 Å². The summed E-state index contributed by atoms with van der Waals surface area (Å²) < 4.78 is 11.1. The van der Waals surface area contributed by atoms with Crippen molar-refractivity contribution in [3.63, 3.8) is 0 Å². The number of hydrogen-bond donors (Lipinski definition) is 1. The molecule has 0 heterocycles. The first kappa shape index (κ1) is 30.1. The molecule has 0 saturated carbocycles. The van der Waals surface area contributed by atoms with Crippen LogP contribution in [0.25, 0.3) is 0 Å².